The third kappa shape index (κ3) is 2.97. The van der Waals surface area contributed by atoms with E-state index in [1.54, 1.807) is 7.11 Å². The molecule has 2 rings (SSSR count). The van der Waals surface area contributed by atoms with Crippen LogP contribution in [0.1, 0.15) is 18.4 Å². The van der Waals surface area contributed by atoms with Gasteiger partial charge >= 0.3 is 0 Å². The maximum Gasteiger partial charge on any atom is 0.0589 e. The third-order valence-corrected chi connectivity index (χ3v) is 3.07. The number of hydrogen-bond donors (Lipinski definition) is 1. The van der Waals surface area contributed by atoms with Crippen LogP contribution in [0, 0.1) is 0 Å². The number of rotatable bonds is 6. The molecule has 1 aromatic rings. The number of nitrogen functional groups attached to an aromatic ring is 1. The first-order chi connectivity index (χ1) is 7.81. The minimum absolute atomic E-state index is 0.745. The van der Waals surface area contributed by atoms with Gasteiger partial charge in [-0.2, -0.15) is 0 Å². The van der Waals surface area contributed by atoms with Crippen molar-refractivity contribution in [3.8, 4) is 0 Å². The van der Waals surface area contributed by atoms with Crippen LogP contribution in [-0.4, -0.2) is 31.2 Å². The Hall–Kier alpha value is -1.06. The van der Waals surface area contributed by atoms with Crippen LogP contribution in [0.3, 0.4) is 0 Å². The normalized spacial score (nSPS) is 15.6. The highest BCUT2D eigenvalue weighted by Gasteiger charge is 2.28. The van der Waals surface area contributed by atoms with E-state index in [2.05, 4.69) is 11.0 Å². The molecule has 3 nitrogen and oxygen atoms in total. The van der Waals surface area contributed by atoms with Crippen molar-refractivity contribution in [2.75, 3.05) is 26.0 Å². The average Bonchev–Trinajstić information content (AvgIpc) is 3.10. The molecular weight excluding hydrogens is 200 g/mol. The summed E-state index contributed by atoms with van der Waals surface area (Å²) in [6, 6.07) is 8.85. The molecule has 16 heavy (non-hydrogen) atoms. The molecule has 1 aliphatic carbocycles. The average molecular weight is 220 g/mol. The molecule has 0 amide bonds. The van der Waals surface area contributed by atoms with Gasteiger partial charge in [-0.15, -0.1) is 0 Å². The van der Waals surface area contributed by atoms with Gasteiger partial charge in [0.25, 0.3) is 0 Å². The molecular formula is C13H20N2O. The molecule has 0 aliphatic heterocycles. The summed E-state index contributed by atoms with van der Waals surface area (Å²) in [6.07, 6.45) is 2.63. The van der Waals surface area contributed by atoms with Gasteiger partial charge < -0.3 is 10.5 Å². The molecule has 0 aromatic heterocycles. The van der Waals surface area contributed by atoms with Crippen molar-refractivity contribution in [2.24, 2.45) is 0 Å². The van der Waals surface area contributed by atoms with Crippen LogP contribution < -0.4 is 5.73 Å². The van der Waals surface area contributed by atoms with Gasteiger partial charge in [0.05, 0.1) is 6.61 Å². The Bertz CT molecular complexity index is 336. The summed E-state index contributed by atoms with van der Waals surface area (Å²) in [6.45, 7) is 2.74. The smallest absolute Gasteiger partial charge is 0.0589 e. The van der Waals surface area contributed by atoms with Gasteiger partial charge in [-0.05, 0) is 24.5 Å². The van der Waals surface area contributed by atoms with Crippen molar-refractivity contribution in [3.05, 3.63) is 29.8 Å². The Morgan fingerprint density at radius 1 is 1.38 bits per heavy atom. The molecule has 1 aromatic carbocycles. The van der Waals surface area contributed by atoms with Crippen molar-refractivity contribution in [1.82, 2.24) is 4.90 Å². The molecule has 0 unspecified atom stereocenters. The number of nitrogens with two attached hydrogens (primary N) is 1. The molecule has 1 fully saturated rings. The van der Waals surface area contributed by atoms with E-state index in [4.69, 9.17) is 10.5 Å². The minimum atomic E-state index is 0.745. The van der Waals surface area contributed by atoms with Crippen molar-refractivity contribution in [2.45, 2.75) is 25.4 Å². The van der Waals surface area contributed by atoms with E-state index >= 15 is 0 Å². The highest BCUT2D eigenvalue weighted by molar-refractivity contribution is 5.46. The fourth-order valence-corrected chi connectivity index (χ4v) is 1.94. The van der Waals surface area contributed by atoms with Crippen LogP contribution in [0.2, 0.25) is 0 Å². The minimum Gasteiger partial charge on any atom is -0.398 e. The summed E-state index contributed by atoms with van der Waals surface area (Å²) < 4.78 is 5.15. The van der Waals surface area contributed by atoms with E-state index in [0.717, 1.165) is 31.4 Å². The van der Waals surface area contributed by atoms with Crippen LogP contribution in [0.4, 0.5) is 5.69 Å². The Morgan fingerprint density at radius 2 is 2.12 bits per heavy atom. The molecule has 0 spiro atoms. The number of para-hydroxylation sites is 1. The maximum absolute atomic E-state index is 5.96. The Labute approximate surface area is 97.2 Å². The van der Waals surface area contributed by atoms with Crippen LogP contribution in [0.15, 0.2) is 24.3 Å². The zero-order chi connectivity index (χ0) is 11.4. The van der Waals surface area contributed by atoms with Gasteiger partial charge in [0, 0.05) is 31.9 Å². The van der Waals surface area contributed by atoms with Crippen LogP contribution in [0.5, 0.6) is 0 Å². The highest BCUT2D eigenvalue weighted by atomic mass is 16.5. The lowest BCUT2D eigenvalue weighted by Crippen LogP contribution is -2.29. The predicted octanol–water partition coefficient (Wildman–Crippen LogP) is 1.88. The first-order valence-electron chi connectivity index (χ1n) is 5.87. The molecule has 0 radical (unpaired) electrons. The van der Waals surface area contributed by atoms with E-state index in [0.29, 0.717) is 0 Å². The molecule has 0 heterocycles. The van der Waals surface area contributed by atoms with Crippen LogP contribution in [-0.2, 0) is 11.3 Å². The van der Waals surface area contributed by atoms with Crippen molar-refractivity contribution in [3.63, 3.8) is 0 Å². The summed E-state index contributed by atoms with van der Waals surface area (Å²) in [5, 5.41) is 0. The fraction of sp³-hybridized carbons (Fsp3) is 0.538. The first-order valence-corrected chi connectivity index (χ1v) is 5.87. The highest BCUT2D eigenvalue weighted by Crippen LogP contribution is 2.28. The summed E-state index contributed by atoms with van der Waals surface area (Å²) in [5.41, 5.74) is 8.08. The maximum atomic E-state index is 5.96. The van der Waals surface area contributed by atoms with Gasteiger partial charge in [-0.3, -0.25) is 4.90 Å². The van der Waals surface area contributed by atoms with Gasteiger partial charge in [0.2, 0.25) is 0 Å². The lowest BCUT2D eigenvalue weighted by atomic mass is 10.1. The standard InChI is InChI=1S/C13H20N2O/c1-16-9-8-15(12-6-7-12)10-11-4-2-3-5-13(11)14/h2-5,12H,6-10,14H2,1H3. The monoisotopic (exact) mass is 220 g/mol. The topological polar surface area (TPSA) is 38.5 Å². The van der Waals surface area contributed by atoms with Gasteiger partial charge in [0.15, 0.2) is 0 Å². The lowest BCUT2D eigenvalue weighted by molar-refractivity contribution is 0.140. The van der Waals surface area contributed by atoms with Crippen molar-refractivity contribution >= 4 is 5.69 Å². The molecule has 3 heteroatoms. The van der Waals surface area contributed by atoms with Gasteiger partial charge in [-0.1, -0.05) is 18.2 Å². The molecule has 1 saturated carbocycles. The second-order valence-corrected chi connectivity index (χ2v) is 4.39. The van der Waals surface area contributed by atoms with Crippen molar-refractivity contribution in [1.29, 1.82) is 0 Å². The van der Waals surface area contributed by atoms with E-state index in [1.165, 1.54) is 18.4 Å². The van der Waals surface area contributed by atoms with Gasteiger partial charge in [-0.25, -0.2) is 0 Å². The number of hydrogen-bond acceptors (Lipinski definition) is 3. The molecule has 88 valence electrons. The summed E-state index contributed by atoms with van der Waals surface area (Å²) in [7, 11) is 1.75. The van der Waals surface area contributed by atoms with E-state index < -0.39 is 0 Å². The number of anilines is 1. The SMILES string of the molecule is COCCN(Cc1ccccc1N)C1CC1. The quantitative estimate of drug-likeness (QED) is 0.744. The Morgan fingerprint density at radius 3 is 2.75 bits per heavy atom. The third-order valence-electron chi connectivity index (χ3n) is 3.07. The second kappa shape index (κ2) is 5.32. The first kappa shape index (κ1) is 11.4. The number of nitrogens with zero attached hydrogens (tertiary/aromatic N) is 1. The molecule has 1 aliphatic rings. The molecule has 2 N–H and O–H groups in total. The number of methoxy groups -OCH3 is 1. The fourth-order valence-electron chi connectivity index (χ4n) is 1.94. The predicted molar refractivity (Wildman–Crippen MR) is 66.2 cm³/mol. The van der Waals surface area contributed by atoms with E-state index in [-0.39, 0.29) is 0 Å². The summed E-state index contributed by atoms with van der Waals surface area (Å²) in [5.74, 6) is 0. The lowest BCUT2D eigenvalue weighted by Gasteiger charge is -2.22. The zero-order valence-electron chi connectivity index (χ0n) is 9.86. The number of ether oxygens (including phenoxy) is 1. The summed E-state index contributed by atoms with van der Waals surface area (Å²) in [4.78, 5) is 2.47. The van der Waals surface area contributed by atoms with E-state index in [9.17, 15) is 0 Å². The van der Waals surface area contributed by atoms with E-state index in [1.807, 2.05) is 18.2 Å². The summed E-state index contributed by atoms with van der Waals surface area (Å²) >= 11 is 0. The van der Waals surface area contributed by atoms with Crippen LogP contribution in [0.25, 0.3) is 0 Å². The Balaban J connectivity index is 1.97. The van der Waals surface area contributed by atoms with Crippen LogP contribution >= 0.6 is 0 Å². The Kier molecular flexibility index (Phi) is 3.80. The second-order valence-electron chi connectivity index (χ2n) is 4.39. The van der Waals surface area contributed by atoms with Gasteiger partial charge in [0.1, 0.15) is 0 Å². The zero-order valence-corrected chi connectivity index (χ0v) is 9.86. The largest absolute Gasteiger partial charge is 0.398 e. The molecule has 0 bridgehead atoms. The molecule has 0 saturated heterocycles. The molecule has 0 atom stereocenters. The number of benzene rings is 1. The van der Waals surface area contributed by atoms with Crippen molar-refractivity contribution < 1.29 is 4.74 Å².